The second kappa shape index (κ2) is 9.31. The van der Waals surface area contributed by atoms with E-state index in [2.05, 4.69) is 47.1 Å². The van der Waals surface area contributed by atoms with Crippen molar-refractivity contribution in [3.05, 3.63) is 46.6 Å². The molecule has 25 heavy (non-hydrogen) atoms. The minimum atomic E-state index is -0.229. The van der Waals surface area contributed by atoms with Gasteiger partial charge in [0, 0.05) is 43.5 Å². The zero-order chi connectivity index (χ0) is 18.2. The van der Waals surface area contributed by atoms with E-state index in [-0.39, 0.29) is 5.91 Å². The summed E-state index contributed by atoms with van der Waals surface area (Å²) >= 11 is 3.49. The van der Waals surface area contributed by atoms with Crippen molar-refractivity contribution in [1.29, 1.82) is 0 Å². The number of aliphatic imine (C=N–C) groups is 1. The van der Waals surface area contributed by atoms with E-state index in [1.54, 1.807) is 12.1 Å². The number of hydrogen-bond donors (Lipinski definition) is 2. The van der Waals surface area contributed by atoms with Gasteiger partial charge in [-0.25, -0.2) is 0 Å². The number of hydrogen-bond acceptors (Lipinski definition) is 3. The lowest BCUT2D eigenvalue weighted by atomic mass is 10.4. The van der Waals surface area contributed by atoms with Crippen LogP contribution in [0.25, 0.3) is 0 Å². The minimum absolute atomic E-state index is 0.229. The van der Waals surface area contributed by atoms with Crippen molar-refractivity contribution >= 4 is 27.8 Å². The van der Waals surface area contributed by atoms with Gasteiger partial charge in [0.1, 0.15) is 0 Å². The molecular formula is C17H24BrN5O2. The molecule has 0 unspecified atom stereocenters. The molecule has 0 aliphatic carbocycles. The molecule has 2 aromatic rings. The molecule has 0 aliphatic rings. The summed E-state index contributed by atoms with van der Waals surface area (Å²) in [7, 11) is 4.01. The molecule has 2 heterocycles. The smallest absolute Gasteiger partial charge is 0.287 e. The highest BCUT2D eigenvalue weighted by atomic mass is 79.9. The average Bonchev–Trinajstić information content (AvgIpc) is 3.20. The molecule has 136 valence electrons. The van der Waals surface area contributed by atoms with Crippen molar-refractivity contribution in [2.24, 2.45) is 12.0 Å². The molecule has 7 nitrogen and oxygen atoms in total. The van der Waals surface area contributed by atoms with Crippen LogP contribution in [-0.4, -0.2) is 48.0 Å². The number of guanidine groups is 1. The van der Waals surface area contributed by atoms with Gasteiger partial charge >= 0.3 is 0 Å². The van der Waals surface area contributed by atoms with Crippen molar-refractivity contribution in [3.8, 4) is 0 Å². The summed E-state index contributed by atoms with van der Waals surface area (Å²) in [6.07, 6.45) is 3.50. The third-order valence-corrected chi connectivity index (χ3v) is 4.01. The fraction of sp³-hybridized carbons (Fsp3) is 0.412. The predicted octanol–water partition coefficient (Wildman–Crippen LogP) is 2.21. The summed E-state index contributed by atoms with van der Waals surface area (Å²) in [5, 5.41) is 6.06. The van der Waals surface area contributed by atoms with Crippen LogP contribution >= 0.6 is 15.9 Å². The Bertz CT molecular complexity index is 709. The summed E-state index contributed by atoms with van der Waals surface area (Å²) in [4.78, 5) is 18.4. The fourth-order valence-electron chi connectivity index (χ4n) is 2.34. The van der Waals surface area contributed by atoms with Gasteiger partial charge in [0.2, 0.25) is 0 Å². The number of halogens is 1. The van der Waals surface area contributed by atoms with Gasteiger partial charge in [-0.15, -0.1) is 0 Å². The zero-order valence-corrected chi connectivity index (χ0v) is 16.3. The van der Waals surface area contributed by atoms with Crippen molar-refractivity contribution < 1.29 is 9.21 Å². The molecule has 0 spiro atoms. The number of rotatable bonds is 7. The summed E-state index contributed by atoms with van der Waals surface area (Å²) in [5.74, 6) is 0.876. The quantitative estimate of drug-likeness (QED) is 0.417. The topological polar surface area (TPSA) is 74.8 Å². The Kier molecular flexibility index (Phi) is 7.12. The highest BCUT2D eigenvalue weighted by Crippen LogP contribution is 2.14. The van der Waals surface area contributed by atoms with Gasteiger partial charge in [-0.3, -0.25) is 9.79 Å². The number of furan rings is 1. The molecule has 0 saturated carbocycles. The number of nitrogens with one attached hydrogen (secondary N) is 2. The largest absolute Gasteiger partial charge is 0.459 e. The Morgan fingerprint density at radius 2 is 2.24 bits per heavy atom. The van der Waals surface area contributed by atoms with Gasteiger partial charge in [0.25, 0.3) is 5.91 Å². The molecule has 2 rings (SSSR count). The highest BCUT2D eigenvalue weighted by Gasteiger charge is 2.10. The molecule has 0 radical (unpaired) electrons. The molecule has 1 amide bonds. The van der Waals surface area contributed by atoms with Crippen LogP contribution < -0.4 is 10.6 Å². The molecular weight excluding hydrogens is 386 g/mol. The van der Waals surface area contributed by atoms with Crippen molar-refractivity contribution in [2.45, 2.75) is 13.5 Å². The molecule has 0 atom stereocenters. The van der Waals surface area contributed by atoms with Crippen LogP contribution in [-0.2, 0) is 13.6 Å². The van der Waals surface area contributed by atoms with Crippen molar-refractivity contribution in [3.63, 3.8) is 0 Å². The SMILES string of the molecule is CCNC(=NCCNC(=O)c1ccco1)N(C)Cc1cc(Br)cn1C. The molecule has 0 aromatic carbocycles. The molecule has 8 heteroatoms. The lowest BCUT2D eigenvalue weighted by Gasteiger charge is -2.22. The molecule has 2 aromatic heterocycles. The van der Waals surface area contributed by atoms with Gasteiger partial charge < -0.3 is 24.5 Å². The molecule has 0 fully saturated rings. The Hall–Kier alpha value is -2.22. The average molecular weight is 410 g/mol. The monoisotopic (exact) mass is 409 g/mol. The second-order valence-electron chi connectivity index (χ2n) is 5.59. The standard InChI is InChI=1S/C17H24BrN5O2/c1-4-19-17(23(3)12-14-10-13(18)11-22(14)2)21-8-7-20-16(24)15-6-5-9-25-15/h5-6,9-11H,4,7-8,12H2,1-3H3,(H,19,21)(H,20,24). The van der Waals surface area contributed by atoms with Crippen LogP contribution in [0, 0.1) is 0 Å². The summed E-state index contributed by atoms with van der Waals surface area (Å²) < 4.78 is 8.19. The third-order valence-electron chi connectivity index (χ3n) is 3.57. The Balaban J connectivity index is 1.88. The summed E-state index contributed by atoms with van der Waals surface area (Å²) in [5.41, 5.74) is 1.17. The van der Waals surface area contributed by atoms with E-state index >= 15 is 0 Å². The van der Waals surface area contributed by atoms with E-state index in [0.717, 1.165) is 23.5 Å². The maximum Gasteiger partial charge on any atom is 0.287 e. The maximum atomic E-state index is 11.8. The summed E-state index contributed by atoms with van der Waals surface area (Å²) in [6.45, 7) is 4.46. The number of aromatic nitrogens is 1. The van der Waals surface area contributed by atoms with Crippen LogP contribution in [0.3, 0.4) is 0 Å². The lowest BCUT2D eigenvalue weighted by molar-refractivity contribution is 0.0927. The highest BCUT2D eigenvalue weighted by molar-refractivity contribution is 9.10. The molecule has 0 aliphatic heterocycles. The van der Waals surface area contributed by atoms with Crippen LogP contribution in [0.4, 0.5) is 0 Å². The van der Waals surface area contributed by atoms with Gasteiger partial charge in [0.05, 0.1) is 19.4 Å². The van der Waals surface area contributed by atoms with Crippen LogP contribution in [0.15, 0.2) is 44.5 Å². The lowest BCUT2D eigenvalue weighted by Crippen LogP contribution is -2.39. The van der Waals surface area contributed by atoms with Gasteiger partial charge in [-0.1, -0.05) is 0 Å². The first-order chi connectivity index (χ1) is 12.0. The second-order valence-corrected chi connectivity index (χ2v) is 6.50. The summed E-state index contributed by atoms with van der Waals surface area (Å²) in [6, 6.07) is 5.41. The van der Waals surface area contributed by atoms with Crippen molar-refractivity contribution in [1.82, 2.24) is 20.1 Å². The van der Waals surface area contributed by atoms with E-state index in [4.69, 9.17) is 4.42 Å². The normalized spacial score (nSPS) is 11.4. The molecule has 0 bridgehead atoms. The first-order valence-corrected chi connectivity index (χ1v) is 8.92. The van der Waals surface area contributed by atoms with E-state index in [1.807, 2.05) is 27.2 Å². The van der Waals surface area contributed by atoms with Gasteiger partial charge in [-0.05, 0) is 41.1 Å². The van der Waals surface area contributed by atoms with Crippen LogP contribution in [0.2, 0.25) is 0 Å². The fourth-order valence-corrected chi connectivity index (χ4v) is 2.91. The van der Waals surface area contributed by atoms with Crippen molar-refractivity contribution in [2.75, 3.05) is 26.7 Å². The Labute approximate surface area is 156 Å². The number of amides is 1. The first kappa shape index (κ1) is 19.1. The number of aryl methyl sites for hydroxylation is 1. The molecule has 2 N–H and O–H groups in total. The number of nitrogens with zero attached hydrogens (tertiary/aromatic N) is 3. The van der Waals surface area contributed by atoms with E-state index in [0.29, 0.717) is 18.8 Å². The van der Waals surface area contributed by atoms with E-state index < -0.39 is 0 Å². The predicted molar refractivity (Wildman–Crippen MR) is 102 cm³/mol. The molecule has 0 saturated heterocycles. The first-order valence-electron chi connectivity index (χ1n) is 8.13. The van der Waals surface area contributed by atoms with Gasteiger partial charge in [0.15, 0.2) is 11.7 Å². The zero-order valence-electron chi connectivity index (χ0n) is 14.8. The Morgan fingerprint density at radius 3 is 2.84 bits per heavy atom. The third kappa shape index (κ3) is 5.67. The van der Waals surface area contributed by atoms with Gasteiger partial charge in [-0.2, -0.15) is 0 Å². The van der Waals surface area contributed by atoms with Crippen LogP contribution in [0.1, 0.15) is 23.2 Å². The van der Waals surface area contributed by atoms with E-state index in [9.17, 15) is 4.79 Å². The maximum absolute atomic E-state index is 11.8. The minimum Gasteiger partial charge on any atom is -0.459 e. The number of carbonyl (C=O) groups excluding carboxylic acids is 1. The van der Waals surface area contributed by atoms with Crippen LogP contribution in [0.5, 0.6) is 0 Å². The Morgan fingerprint density at radius 1 is 1.44 bits per heavy atom. The number of carbonyl (C=O) groups is 1. The van der Waals surface area contributed by atoms with E-state index in [1.165, 1.54) is 12.0 Å².